The van der Waals surface area contributed by atoms with Crippen LogP contribution >= 0.6 is 11.3 Å². The predicted octanol–water partition coefficient (Wildman–Crippen LogP) is 1.45. The zero-order valence-corrected chi connectivity index (χ0v) is 10.6. The summed E-state index contributed by atoms with van der Waals surface area (Å²) in [5, 5.41) is 12.1. The van der Waals surface area contributed by atoms with Crippen molar-refractivity contribution in [2.75, 3.05) is 12.4 Å². The molecule has 6 nitrogen and oxygen atoms in total. The Labute approximate surface area is 103 Å². The molecule has 7 heteroatoms. The van der Waals surface area contributed by atoms with Crippen LogP contribution in [0.15, 0.2) is 5.51 Å². The maximum Gasteiger partial charge on any atom is 0.357 e. The molecule has 0 aliphatic carbocycles. The Kier molecular flexibility index (Phi) is 4.45. The maximum atomic E-state index is 11.5. The molecule has 0 saturated carbocycles. The van der Waals surface area contributed by atoms with E-state index in [1.54, 1.807) is 0 Å². The van der Waals surface area contributed by atoms with Crippen LogP contribution in [-0.2, 0) is 9.53 Å². The highest BCUT2D eigenvalue weighted by molar-refractivity contribution is 7.14. The number of rotatable bonds is 5. The molecule has 0 spiro atoms. The molecule has 0 aromatic carbocycles. The topological polar surface area (TPSA) is 88.5 Å². The molecule has 0 amide bonds. The van der Waals surface area contributed by atoms with Gasteiger partial charge in [0.1, 0.15) is 11.0 Å². The summed E-state index contributed by atoms with van der Waals surface area (Å²) in [6.45, 7) is 3.69. The molecule has 17 heavy (non-hydrogen) atoms. The highest BCUT2D eigenvalue weighted by Gasteiger charge is 2.25. The van der Waals surface area contributed by atoms with E-state index in [2.05, 4.69) is 15.0 Å². The number of ether oxygens (including phenoxy) is 1. The molecule has 1 atom stereocenters. The number of thiazole rings is 1. The van der Waals surface area contributed by atoms with E-state index < -0.39 is 18.0 Å². The van der Waals surface area contributed by atoms with Gasteiger partial charge in [0.15, 0.2) is 5.69 Å². The molecule has 0 radical (unpaired) electrons. The van der Waals surface area contributed by atoms with Gasteiger partial charge < -0.3 is 15.2 Å². The fourth-order valence-electron chi connectivity index (χ4n) is 1.27. The summed E-state index contributed by atoms with van der Waals surface area (Å²) in [4.78, 5) is 26.1. The SMILES string of the molecule is COC(=O)C(Nc1scnc1C(=O)O)C(C)C. The van der Waals surface area contributed by atoms with Gasteiger partial charge in [0, 0.05) is 0 Å². The van der Waals surface area contributed by atoms with Crippen LogP contribution in [0.1, 0.15) is 24.3 Å². The number of nitrogens with zero attached hydrogens (tertiary/aromatic N) is 1. The molecular weight excluding hydrogens is 244 g/mol. The lowest BCUT2D eigenvalue weighted by atomic mass is 10.1. The van der Waals surface area contributed by atoms with Crippen LogP contribution in [-0.4, -0.2) is 35.2 Å². The van der Waals surface area contributed by atoms with E-state index in [1.807, 2.05) is 13.8 Å². The molecule has 0 saturated heterocycles. The molecule has 2 N–H and O–H groups in total. The fourth-order valence-corrected chi connectivity index (χ4v) is 1.98. The Hall–Kier alpha value is -1.63. The van der Waals surface area contributed by atoms with Gasteiger partial charge in [0.2, 0.25) is 0 Å². The minimum absolute atomic E-state index is 0.0220. The Morgan fingerprint density at radius 3 is 2.65 bits per heavy atom. The smallest absolute Gasteiger partial charge is 0.357 e. The van der Waals surface area contributed by atoms with Crippen LogP contribution in [0.2, 0.25) is 0 Å². The van der Waals surface area contributed by atoms with Crippen LogP contribution in [0.3, 0.4) is 0 Å². The van der Waals surface area contributed by atoms with Crippen molar-refractivity contribution < 1.29 is 19.4 Å². The number of carbonyl (C=O) groups is 2. The number of aromatic nitrogens is 1. The molecule has 1 unspecified atom stereocenters. The summed E-state index contributed by atoms with van der Waals surface area (Å²) in [6.07, 6.45) is 0. The van der Waals surface area contributed by atoms with Crippen LogP contribution in [0, 0.1) is 5.92 Å². The lowest BCUT2D eigenvalue weighted by Gasteiger charge is -2.19. The zero-order chi connectivity index (χ0) is 13.0. The van der Waals surface area contributed by atoms with E-state index in [-0.39, 0.29) is 11.6 Å². The standard InChI is InChI=1S/C10H14N2O4S/c1-5(2)6(10(15)16-3)12-8-7(9(13)14)11-4-17-8/h4-6,12H,1-3H3,(H,13,14). The first-order valence-corrected chi connectivity index (χ1v) is 5.86. The third kappa shape index (κ3) is 3.16. The molecule has 1 aromatic heterocycles. The number of hydrogen-bond donors (Lipinski definition) is 2. The van der Waals surface area contributed by atoms with Crippen LogP contribution in [0.25, 0.3) is 0 Å². The predicted molar refractivity (Wildman–Crippen MR) is 63.3 cm³/mol. The van der Waals surface area contributed by atoms with Crippen LogP contribution in [0.4, 0.5) is 5.00 Å². The van der Waals surface area contributed by atoms with E-state index in [0.717, 1.165) is 11.3 Å². The Balaban J connectivity index is 2.90. The number of carbonyl (C=O) groups excluding carboxylic acids is 1. The highest BCUT2D eigenvalue weighted by Crippen LogP contribution is 2.23. The van der Waals surface area contributed by atoms with Gasteiger partial charge in [-0.1, -0.05) is 13.8 Å². The molecule has 1 heterocycles. The van der Waals surface area contributed by atoms with Gasteiger partial charge in [0.05, 0.1) is 12.6 Å². The lowest BCUT2D eigenvalue weighted by molar-refractivity contribution is -0.142. The third-order valence-corrected chi connectivity index (χ3v) is 2.94. The molecule has 0 bridgehead atoms. The maximum absolute atomic E-state index is 11.5. The van der Waals surface area contributed by atoms with Crippen LogP contribution < -0.4 is 5.32 Å². The largest absolute Gasteiger partial charge is 0.476 e. The highest BCUT2D eigenvalue weighted by atomic mass is 32.1. The van der Waals surface area contributed by atoms with E-state index in [0.29, 0.717) is 5.00 Å². The van der Waals surface area contributed by atoms with Gasteiger partial charge in [-0.25, -0.2) is 14.6 Å². The average molecular weight is 258 g/mol. The first kappa shape index (κ1) is 13.4. The van der Waals surface area contributed by atoms with Crippen molar-refractivity contribution >= 4 is 28.3 Å². The Bertz CT molecular complexity index is 416. The first-order valence-electron chi connectivity index (χ1n) is 4.98. The fraction of sp³-hybridized carbons (Fsp3) is 0.500. The van der Waals surface area contributed by atoms with Gasteiger partial charge in [-0.3, -0.25) is 0 Å². The number of aromatic carboxylic acids is 1. The van der Waals surface area contributed by atoms with Gasteiger partial charge >= 0.3 is 11.9 Å². The van der Waals surface area contributed by atoms with Crippen molar-refractivity contribution in [3.8, 4) is 0 Å². The van der Waals surface area contributed by atoms with Crippen molar-refractivity contribution in [1.29, 1.82) is 0 Å². The van der Waals surface area contributed by atoms with Crippen LogP contribution in [0.5, 0.6) is 0 Å². The number of carboxylic acid groups (broad SMARTS) is 1. The van der Waals surface area contributed by atoms with Gasteiger partial charge in [0.25, 0.3) is 0 Å². The second kappa shape index (κ2) is 5.62. The number of nitrogens with one attached hydrogen (secondary N) is 1. The number of anilines is 1. The second-order valence-corrected chi connectivity index (χ2v) is 4.58. The van der Waals surface area contributed by atoms with E-state index in [1.165, 1.54) is 12.6 Å². The lowest BCUT2D eigenvalue weighted by Crippen LogP contribution is -2.35. The summed E-state index contributed by atoms with van der Waals surface area (Å²) in [5.74, 6) is -1.57. The molecule has 0 aliphatic heterocycles. The van der Waals surface area contributed by atoms with Crippen molar-refractivity contribution in [3.63, 3.8) is 0 Å². The zero-order valence-electron chi connectivity index (χ0n) is 9.76. The first-order chi connectivity index (χ1) is 7.97. The second-order valence-electron chi connectivity index (χ2n) is 3.72. The van der Waals surface area contributed by atoms with E-state index in [9.17, 15) is 9.59 Å². The van der Waals surface area contributed by atoms with Crippen molar-refractivity contribution in [1.82, 2.24) is 4.98 Å². The van der Waals surface area contributed by atoms with Crippen molar-refractivity contribution in [2.24, 2.45) is 5.92 Å². The number of carboxylic acids is 1. The van der Waals surface area contributed by atoms with Crippen molar-refractivity contribution in [3.05, 3.63) is 11.2 Å². The van der Waals surface area contributed by atoms with Crippen molar-refractivity contribution in [2.45, 2.75) is 19.9 Å². The summed E-state index contributed by atoms with van der Waals surface area (Å²) < 4.78 is 4.66. The molecule has 0 aliphatic rings. The average Bonchev–Trinajstić information content (AvgIpc) is 2.72. The summed E-state index contributed by atoms with van der Waals surface area (Å²) in [6, 6.07) is -0.585. The number of methoxy groups -OCH3 is 1. The Morgan fingerprint density at radius 2 is 2.18 bits per heavy atom. The third-order valence-electron chi connectivity index (χ3n) is 2.18. The van der Waals surface area contributed by atoms with E-state index >= 15 is 0 Å². The summed E-state index contributed by atoms with van der Waals surface area (Å²) in [7, 11) is 1.30. The van der Waals surface area contributed by atoms with Gasteiger partial charge in [-0.2, -0.15) is 0 Å². The Morgan fingerprint density at radius 1 is 1.53 bits per heavy atom. The molecule has 94 valence electrons. The minimum atomic E-state index is -1.12. The van der Waals surface area contributed by atoms with E-state index in [4.69, 9.17) is 5.11 Å². The minimum Gasteiger partial charge on any atom is -0.476 e. The normalized spacial score (nSPS) is 12.2. The number of esters is 1. The van der Waals surface area contributed by atoms with Gasteiger partial charge in [-0.15, -0.1) is 11.3 Å². The molecule has 1 aromatic rings. The molecule has 0 fully saturated rings. The molecule has 1 rings (SSSR count). The summed E-state index contributed by atoms with van der Waals surface area (Å²) >= 11 is 1.14. The molecular formula is C10H14N2O4S. The summed E-state index contributed by atoms with van der Waals surface area (Å²) in [5.41, 5.74) is 1.34. The van der Waals surface area contributed by atoms with Gasteiger partial charge in [-0.05, 0) is 5.92 Å². The quantitative estimate of drug-likeness (QED) is 0.777. The monoisotopic (exact) mass is 258 g/mol. The number of hydrogen-bond acceptors (Lipinski definition) is 6.